The first kappa shape index (κ1) is 22.7. The van der Waals surface area contributed by atoms with Crippen molar-refractivity contribution in [2.45, 2.75) is 24.9 Å². The van der Waals surface area contributed by atoms with Crippen LogP contribution in [0.1, 0.15) is 25.3 Å². The Morgan fingerprint density at radius 1 is 1.00 bits per heavy atom. The van der Waals surface area contributed by atoms with E-state index in [4.69, 9.17) is 0 Å². The second kappa shape index (κ2) is 9.54. The summed E-state index contributed by atoms with van der Waals surface area (Å²) in [5.74, 6) is -2.39. The Bertz CT molecular complexity index is 1380. The summed E-state index contributed by atoms with van der Waals surface area (Å²) >= 11 is 1.03. The Balaban J connectivity index is 1.74. The minimum atomic E-state index is -0.861. The van der Waals surface area contributed by atoms with Crippen LogP contribution in [0.25, 0.3) is 16.6 Å². The summed E-state index contributed by atoms with van der Waals surface area (Å²) in [4.78, 5) is 30.6. The van der Waals surface area contributed by atoms with Crippen molar-refractivity contribution >= 4 is 34.3 Å². The maximum absolute atomic E-state index is 13.9. The van der Waals surface area contributed by atoms with E-state index in [2.05, 4.69) is 10.3 Å². The monoisotopic (exact) mass is 465 g/mol. The van der Waals surface area contributed by atoms with Crippen LogP contribution in [0.15, 0.2) is 76.7 Å². The molecule has 0 bridgehead atoms. The number of nitrogens with zero attached hydrogens (tertiary/aromatic N) is 2. The summed E-state index contributed by atoms with van der Waals surface area (Å²) in [7, 11) is 0. The molecule has 0 saturated carbocycles. The van der Waals surface area contributed by atoms with Crippen LogP contribution in [-0.4, -0.2) is 21.2 Å². The van der Waals surface area contributed by atoms with Crippen LogP contribution < -0.4 is 10.9 Å². The van der Waals surface area contributed by atoms with Crippen LogP contribution in [0.4, 0.5) is 14.5 Å². The van der Waals surface area contributed by atoms with E-state index in [1.54, 1.807) is 24.3 Å². The molecule has 1 amide bonds. The molecule has 1 heterocycles. The van der Waals surface area contributed by atoms with E-state index in [1.165, 1.54) is 10.6 Å². The van der Waals surface area contributed by atoms with Gasteiger partial charge in [-0.2, -0.15) is 0 Å². The maximum Gasteiger partial charge on any atom is 0.266 e. The number of halogens is 2. The molecule has 0 radical (unpaired) electrons. The number of anilines is 1. The third-order valence-corrected chi connectivity index (χ3v) is 6.04. The van der Waals surface area contributed by atoms with Crippen molar-refractivity contribution in [3.8, 4) is 5.69 Å². The van der Waals surface area contributed by atoms with Gasteiger partial charge in [-0.15, -0.1) is 0 Å². The van der Waals surface area contributed by atoms with Gasteiger partial charge in [0.1, 0.15) is 17.3 Å². The van der Waals surface area contributed by atoms with Crippen LogP contribution in [0.3, 0.4) is 0 Å². The fourth-order valence-corrected chi connectivity index (χ4v) is 4.33. The van der Waals surface area contributed by atoms with E-state index >= 15 is 0 Å². The highest BCUT2D eigenvalue weighted by Crippen LogP contribution is 2.27. The predicted octanol–water partition coefficient (Wildman–Crippen LogP) is 5.52. The van der Waals surface area contributed by atoms with Gasteiger partial charge in [0.05, 0.1) is 22.3 Å². The normalized spacial score (nSPS) is 11.2. The number of para-hydroxylation sites is 3. The molecule has 0 atom stereocenters. The largest absolute Gasteiger partial charge is 0.320 e. The predicted molar refractivity (Wildman–Crippen MR) is 127 cm³/mol. The highest BCUT2D eigenvalue weighted by molar-refractivity contribution is 7.99. The van der Waals surface area contributed by atoms with Gasteiger partial charge in [0, 0.05) is 0 Å². The SMILES string of the molecule is CC(C)c1ccccc1-n1c(SCC(=O)Nc2c(F)cccc2F)nc2ccccc2c1=O. The van der Waals surface area contributed by atoms with Crippen LogP contribution in [-0.2, 0) is 4.79 Å². The van der Waals surface area contributed by atoms with Crippen LogP contribution in [0.2, 0.25) is 0 Å². The Labute approximate surface area is 193 Å². The van der Waals surface area contributed by atoms with Crippen LogP contribution >= 0.6 is 11.8 Å². The van der Waals surface area contributed by atoms with Gasteiger partial charge in [-0.25, -0.2) is 13.8 Å². The van der Waals surface area contributed by atoms with Crippen molar-refractivity contribution in [2.75, 3.05) is 11.1 Å². The van der Waals surface area contributed by atoms with Gasteiger partial charge in [-0.3, -0.25) is 14.2 Å². The molecule has 4 aromatic rings. The van der Waals surface area contributed by atoms with Gasteiger partial charge < -0.3 is 5.32 Å². The van der Waals surface area contributed by atoms with Crippen molar-refractivity contribution < 1.29 is 13.6 Å². The van der Waals surface area contributed by atoms with E-state index in [0.717, 1.165) is 29.5 Å². The summed E-state index contributed by atoms with van der Waals surface area (Å²) in [6.07, 6.45) is 0. The third kappa shape index (κ3) is 4.66. The first-order valence-corrected chi connectivity index (χ1v) is 11.3. The number of hydrogen-bond donors (Lipinski definition) is 1. The zero-order chi connectivity index (χ0) is 23.5. The molecule has 33 heavy (non-hydrogen) atoms. The molecule has 0 spiro atoms. The van der Waals surface area contributed by atoms with Crippen molar-refractivity contribution in [3.63, 3.8) is 0 Å². The molecular weight excluding hydrogens is 444 g/mol. The van der Waals surface area contributed by atoms with Crippen molar-refractivity contribution in [2.24, 2.45) is 0 Å². The number of nitrogens with one attached hydrogen (secondary N) is 1. The second-order valence-electron chi connectivity index (χ2n) is 7.70. The molecule has 1 N–H and O–H groups in total. The molecule has 4 rings (SSSR count). The minimum Gasteiger partial charge on any atom is -0.320 e. The number of fused-ring (bicyclic) bond motifs is 1. The summed E-state index contributed by atoms with van der Waals surface area (Å²) in [5.41, 5.74) is 1.38. The molecule has 5 nitrogen and oxygen atoms in total. The molecule has 0 fully saturated rings. The lowest BCUT2D eigenvalue weighted by atomic mass is 10.0. The number of rotatable bonds is 6. The molecule has 0 aliphatic heterocycles. The Morgan fingerprint density at radius 2 is 1.67 bits per heavy atom. The summed E-state index contributed by atoms with van der Waals surface area (Å²) in [5, 5.41) is 3.04. The highest BCUT2D eigenvalue weighted by atomic mass is 32.2. The minimum absolute atomic E-state index is 0.143. The average molecular weight is 466 g/mol. The van der Waals surface area contributed by atoms with Gasteiger partial charge in [-0.05, 0) is 41.8 Å². The number of hydrogen-bond acceptors (Lipinski definition) is 4. The van der Waals surface area contributed by atoms with Gasteiger partial charge >= 0.3 is 0 Å². The molecule has 168 valence electrons. The average Bonchev–Trinajstić information content (AvgIpc) is 2.80. The number of thioether (sulfide) groups is 1. The Morgan fingerprint density at radius 3 is 2.39 bits per heavy atom. The highest BCUT2D eigenvalue weighted by Gasteiger charge is 2.19. The molecule has 8 heteroatoms. The molecule has 0 saturated heterocycles. The van der Waals surface area contributed by atoms with Gasteiger partial charge in [0.25, 0.3) is 5.56 Å². The van der Waals surface area contributed by atoms with E-state index in [1.807, 2.05) is 38.1 Å². The van der Waals surface area contributed by atoms with Gasteiger partial charge in [0.15, 0.2) is 5.16 Å². The van der Waals surface area contributed by atoms with Crippen molar-refractivity contribution in [3.05, 3.63) is 94.3 Å². The standard InChI is InChI=1S/C25H21F2N3O2S/c1-15(2)16-8-4-6-13-21(16)30-24(32)17-9-3-5-12-20(17)28-25(30)33-14-22(31)29-23-18(26)10-7-11-19(23)27/h3-13,15H,14H2,1-2H3,(H,29,31). The Hall–Kier alpha value is -3.52. The number of amides is 1. The smallest absolute Gasteiger partial charge is 0.266 e. The Kier molecular flexibility index (Phi) is 6.55. The van der Waals surface area contributed by atoms with Crippen molar-refractivity contribution in [1.29, 1.82) is 0 Å². The van der Waals surface area contributed by atoms with Crippen molar-refractivity contribution in [1.82, 2.24) is 9.55 Å². The fourth-order valence-electron chi connectivity index (χ4n) is 3.52. The zero-order valence-corrected chi connectivity index (χ0v) is 18.8. The summed E-state index contributed by atoms with van der Waals surface area (Å²) < 4.78 is 29.3. The number of carbonyl (C=O) groups excluding carboxylic acids is 1. The van der Waals surface area contributed by atoms with E-state index in [0.29, 0.717) is 21.7 Å². The number of benzene rings is 3. The van der Waals surface area contributed by atoms with Gasteiger partial charge in [-0.1, -0.05) is 62.0 Å². The van der Waals surface area contributed by atoms with Gasteiger partial charge in [0.2, 0.25) is 5.91 Å². The van der Waals surface area contributed by atoms with Crippen LogP contribution in [0, 0.1) is 11.6 Å². The second-order valence-corrected chi connectivity index (χ2v) is 8.64. The number of aromatic nitrogens is 2. The molecule has 0 unspecified atom stereocenters. The van der Waals surface area contributed by atoms with Crippen LogP contribution in [0.5, 0.6) is 0 Å². The maximum atomic E-state index is 13.9. The molecular formula is C25H21F2N3O2S. The lowest BCUT2D eigenvalue weighted by Gasteiger charge is -2.18. The molecule has 3 aromatic carbocycles. The fraction of sp³-hybridized carbons (Fsp3) is 0.160. The lowest BCUT2D eigenvalue weighted by Crippen LogP contribution is -2.24. The summed E-state index contributed by atoms with van der Waals surface area (Å²) in [6.45, 7) is 4.06. The lowest BCUT2D eigenvalue weighted by molar-refractivity contribution is -0.113. The molecule has 0 aliphatic carbocycles. The first-order valence-electron chi connectivity index (χ1n) is 10.3. The number of carbonyl (C=O) groups is 1. The molecule has 1 aromatic heterocycles. The zero-order valence-electron chi connectivity index (χ0n) is 18.0. The quantitative estimate of drug-likeness (QED) is 0.301. The summed E-state index contributed by atoms with van der Waals surface area (Å²) in [6, 6.07) is 17.9. The van der Waals surface area contributed by atoms with E-state index in [9.17, 15) is 18.4 Å². The molecule has 0 aliphatic rings. The first-order chi connectivity index (χ1) is 15.9. The topological polar surface area (TPSA) is 64.0 Å². The van der Waals surface area contributed by atoms with E-state index < -0.39 is 23.2 Å². The third-order valence-electron chi connectivity index (χ3n) is 5.10. The van der Waals surface area contributed by atoms with E-state index in [-0.39, 0.29) is 17.2 Å².